The number of carbonyl (C=O) groups excluding carboxylic acids is 3. The summed E-state index contributed by atoms with van der Waals surface area (Å²) in [6.07, 6.45) is 2.40. The normalized spacial score (nSPS) is 9.06. The van der Waals surface area contributed by atoms with Gasteiger partial charge in [0.25, 0.3) is 18.2 Å². The zero-order chi connectivity index (χ0) is 12.6. The Bertz CT molecular complexity index is 462. The second-order valence-electron chi connectivity index (χ2n) is 1.60. The Labute approximate surface area is 86.9 Å². The van der Waals surface area contributed by atoms with Crippen LogP contribution in [0.4, 0.5) is 0 Å². The van der Waals surface area contributed by atoms with Gasteiger partial charge in [0, 0.05) is 5.28 Å². The molecule has 0 unspecified atom stereocenters. The van der Waals surface area contributed by atoms with Crippen LogP contribution in [-0.2, 0) is 29.1 Å². The first-order valence-electron chi connectivity index (χ1n) is 2.95. The van der Waals surface area contributed by atoms with Crippen LogP contribution in [0.15, 0.2) is 15.3 Å². The lowest BCUT2D eigenvalue weighted by Crippen LogP contribution is -2.33. The van der Waals surface area contributed by atoms with E-state index in [2.05, 4.69) is 19.6 Å². The molecule has 86 valence electrons. The maximum absolute atomic E-state index is 10.2. The Kier molecular flexibility index (Phi) is 5.24. The third-order valence-corrected chi connectivity index (χ3v) is 1.02. The minimum absolute atomic E-state index is 0.237. The highest BCUT2D eigenvalue weighted by Gasteiger charge is 2.20. The van der Waals surface area contributed by atoms with Crippen LogP contribution in [0.25, 0.3) is 0 Å². The molecule has 0 bridgehead atoms. The van der Waals surface area contributed by atoms with Gasteiger partial charge in [-0.3, -0.25) is 4.55 Å². The highest BCUT2D eigenvalue weighted by molar-refractivity contribution is 7.80. The summed E-state index contributed by atoms with van der Waals surface area (Å²) < 4.78 is 32.2. The van der Waals surface area contributed by atoms with Crippen molar-refractivity contribution in [3.8, 4) is 0 Å². The molecule has 0 fully saturated rings. The molecule has 0 aliphatic carbocycles. The van der Waals surface area contributed by atoms with Crippen LogP contribution in [0.3, 0.4) is 0 Å². The van der Waals surface area contributed by atoms with E-state index in [4.69, 9.17) is 4.55 Å². The number of nitrogens with zero attached hydrogens (tertiary/aromatic N) is 5. The molecule has 0 aromatic rings. The van der Waals surface area contributed by atoms with Crippen LogP contribution in [0.2, 0.25) is 0 Å². The second-order valence-corrected chi connectivity index (χ2v) is 2.60. The summed E-state index contributed by atoms with van der Waals surface area (Å²) >= 11 is 0. The number of hydrazone groups is 3. The van der Waals surface area contributed by atoms with E-state index < -0.39 is 15.7 Å². The van der Waals surface area contributed by atoms with Crippen molar-refractivity contribution >= 4 is 28.6 Å². The number of rotatable bonds is 6. The van der Waals surface area contributed by atoms with E-state index in [1.165, 1.54) is 0 Å². The fraction of sp³-hybridized carbons (Fsp3) is 0. The monoisotopic (exact) mass is 251 g/mol. The second kappa shape index (κ2) is 6.16. The summed E-state index contributed by atoms with van der Waals surface area (Å²) in [7, 11) is -5.10. The quantitative estimate of drug-likeness (QED) is 0.243. The van der Waals surface area contributed by atoms with Crippen LogP contribution in [0.1, 0.15) is 0 Å². The van der Waals surface area contributed by atoms with E-state index in [-0.39, 0.29) is 5.23 Å². The smallest absolute Gasteiger partial charge is 0.262 e. The Morgan fingerprint density at radius 3 is 1.75 bits per heavy atom. The minimum atomic E-state index is -5.10. The number of hydrogen-bond acceptors (Lipinski definition) is 11. The summed E-state index contributed by atoms with van der Waals surface area (Å²) in [6, 6.07) is 0. The Morgan fingerprint density at radius 1 is 1.00 bits per heavy atom. The van der Waals surface area contributed by atoms with Gasteiger partial charge in [-0.05, 0) is 20.5 Å². The van der Waals surface area contributed by atoms with Crippen molar-refractivity contribution in [1.29, 1.82) is 0 Å². The molecular weight excluding hydrogens is 250 g/mol. The fourth-order valence-corrected chi connectivity index (χ4v) is 0.639. The van der Waals surface area contributed by atoms with Crippen LogP contribution < -0.4 is 0 Å². The number of hydrazine groups is 1. The summed E-state index contributed by atoms with van der Waals surface area (Å²) in [5, 5.41) is 6.96. The van der Waals surface area contributed by atoms with Crippen LogP contribution in [0.5, 0.6) is 0 Å². The molecule has 0 radical (unpaired) electrons. The van der Waals surface area contributed by atoms with Crippen molar-refractivity contribution in [3.05, 3.63) is 0 Å². The average Bonchev–Trinajstić information content (AvgIpc) is 2.15. The third kappa shape index (κ3) is 5.36. The molecule has 0 heterocycles. The molecule has 0 saturated carbocycles. The molecule has 0 amide bonds. The molecule has 0 aromatic carbocycles. The largest absolute Gasteiger partial charge is 0.421 e. The van der Waals surface area contributed by atoms with Crippen molar-refractivity contribution in [2.75, 3.05) is 0 Å². The van der Waals surface area contributed by atoms with Crippen molar-refractivity contribution in [2.24, 2.45) is 15.3 Å². The van der Waals surface area contributed by atoms with E-state index in [1.807, 2.05) is 0 Å². The SMILES string of the molecule is O=C=NN(N=C=O)N(N=C=O)OS(=O)(=O)O. The summed E-state index contributed by atoms with van der Waals surface area (Å²) in [4.78, 5) is 29.4. The lowest BCUT2D eigenvalue weighted by Gasteiger charge is -2.16. The van der Waals surface area contributed by atoms with Crippen LogP contribution in [-0.4, -0.2) is 41.7 Å². The van der Waals surface area contributed by atoms with E-state index >= 15 is 0 Å². The summed E-state index contributed by atoms with van der Waals surface area (Å²) in [5.41, 5.74) is 0. The van der Waals surface area contributed by atoms with Gasteiger partial charge >= 0.3 is 10.4 Å². The molecule has 0 aliphatic rings. The van der Waals surface area contributed by atoms with Crippen molar-refractivity contribution in [3.63, 3.8) is 0 Å². The molecular formula is C3HN5O7S. The maximum Gasteiger partial charge on any atom is 0.421 e. The molecule has 0 saturated heterocycles. The number of isocyanates is 3. The first kappa shape index (κ1) is 13.6. The highest BCUT2D eigenvalue weighted by Crippen LogP contribution is 2.03. The average molecular weight is 251 g/mol. The standard InChI is InChI=1S/C3HN5O7S/c9-1-4-7(5-2-10)8(6-3-11)15-16(12,13)14/h(H,12,13,14). The van der Waals surface area contributed by atoms with Crippen molar-refractivity contribution < 1.29 is 31.6 Å². The van der Waals surface area contributed by atoms with Gasteiger partial charge in [-0.15, -0.1) is 0 Å². The zero-order valence-electron chi connectivity index (χ0n) is 7.04. The van der Waals surface area contributed by atoms with Crippen molar-refractivity contribution in [2.45, 2.75) is 0 Å². The van der Waals surface area contributed by atoms with Gasteiger partial charge in [-0.1, -0.05) is 4.28 Å². The van der Waals surface area contributed by atoms with Gasteiger partial charge < -0.3 is 0 Å². The van der Waals surface area contributed by atoms with E-state index in [0.29, 0.717) is 0 Å². The topological polar surface area (TPSA) is 158 Å². The van der Waals surface area contributed by atoms with Crippen LogP contribution in [0, 0.1) is 0 Å². The predicted octanol–water partition coefficient (Wildman–Crippen LogP) is -2.01. The van der Waals surface area contributed by atoms with Gasteiger partial charge in [0.2, 0.25) is 0 Å². The summed E-state index contributed by atoms with van der Waals surface area (Å²) in [6.45, 7) is 0. The molecule has 0 aliphatic heterocycles. The first-order chi connectivity index (χ1) is 7.44. The molecule has 0 aromatic heterocycles. The van der Waals surface area contributed by atoms with Gasteiger partial charge in [0.15, 0.2) is 0 Å². The van der Waals surface area contributed by atoms with E-state index in [0.717, 1.165) is 18.2 Å². The Hall–Kier alpha value is -2.39. The molecule has 16 heavy (non-hydrogen) atoms. The van der Waals surface area contributed by atoms with Gasteiger partial charge in [0.1, 0.15) is 0 Å². The number of hydrogen-bond donors (Lipinski definition) is 1. The van der Waals surface area contributed by atoms with E-state index in [9.17, 15) is 22.8 Å². The Morgan fingerprint density at radius 2 is 1.44 bits per heavy atom. The molecule has 12 nitrogen and oxygen atoms in total. The van der Waals surface area contributed by atoms with Gasteiger partial charge in [-0.25, -0.2) is 14.4 Å². The molecule has 1 N–H and O–H groups in total. The first-order valence-corrected chi connectivity index (χ1v) is 4.31. The van der Waals surface area contributed by atoms with E-state index in [1.54, 1.807) is 0 Å². The highest BCUT2D eigenvalue weighted by atomic mass is 32.3. The lowest BCUT2D eigenvalue weighted by atomic mass is 11.5. The Balaban J connectivity index is 5.21. The third-order valence-electron chi connectivity index (χ3n) is 0.701. The van der Waals surface area contributed by atoms with Crippen molar-refractivity contribution in [1.82, 2.24) is 10.5 Å². The summed E-state index contributed by atoms with van der Waals surface area (Å²) in [5.74, 6) is 0. The molecule has 0 rings (SSSR count). The molecule has 0 spiro atoms. The zero-order valence-corrected chi connectivity index (χ0v) is 7.86. The predicted molar refractivity (Wildman–Crippen MR) is 40.7 cm³/mol. The molecule has 0 atom stereocenters. The van der Waals surface area contributed by atoms with Crippen LogP contribution >= 0.6 is 0 Å². The maximum atomic E-state index is 10.2. The van der Waals surface area contributed by atoms with Gasteiger partial charge in [0.05, 0.1) is 0 Å². The minimum Gasteiger partial charge on any atom is -0.262 e. The molecule has 13 heteroatoms. The lowest BCUT2D eigenvalue weighted by molar-refractivity contribution is -0.222. The van der Waals surface area contributed by atoms with Gasteiger partial charge in [-0.2, -0.15) is 8.42 Å². The fourth-order valence-electron chi connectivity index (χ4n) is 0.378.